The fourth-order valence-corrected chi connectivity index (χ4v) is 3.41. The highest BCUT2D eigenvalue weighted by molar-refractivity contribution is 6.05. The first-order chi connectivity index (χ1) is 10.1. The van der Waals surface area contributed by atoms with Crippen LogP contribution in [0.4, 0.5) is 5.69 Å². The van der Waals surface area contributed by atoms with Crippen molar-refractivity contribution in [1.82, 2.24) is 9.88 Å². The number of amides is 2. The van der Waals surface area contributed by atoms with Crippen LogP contribution in [0.25, 0.3) is 11.1 Å². The zero-order valence-corrected chi connectivity index (χ0v) is 11.4. The maximum Gasteiger partial charge on any atom is 0.233 e. The molecule has 1 saturated carbocycles. The molecular weight excluding hydrogens is 270 g/mol. The molecule has 1 aliphatic heterocycles. The largest absolute Gasteiger partial charge is 0.439 e. The zero-order valence-electron chi connectivity index (χ0n) is 11.4. The number of rotatable bonds is 2. The van der Waals surface area contributed by atoms with Crippen molar-refractivity contribution in [3.63, 3.8) is 0 Å². The first-order valence-electron chi connectivity index (χ1n) is 7.13. The third-order valence-electron chi connectivity index (χ3n) is 4.43. The summed E-state index contributed by atoms with van der Waals surface area (Å²) in [6.45, 7) is 0.110. The number of anilines is 1. The minimum Gasteiger partial charge on any atom is -0.439 e. The van der Waals surface area contributed by atoms with E-state index in [1.807, 2.05) is 0 Å². The van der Waals surface area contributed by atoms with Crippen LogP contribution >= 0.6 is 0 Å². The minimum absolute atomic E-state index is 0.0794. The van der Waals surface area contributed by atoms with Gasteiger partial charge in [0.05, 0.1) is 11.8 Å². The van der Waals surface area contributed by atoms with Crippen molar-refractivity contribution in [2.75, 3.05) is 5.73 Å². The Kier molecular flexibility index (Phi) is 2.54. The van der Waals surface area contributed by atoms with E-state index in [0.717, 1.165) is 19.3 Å². The van der Waals surface area contributed by atoms with E-state index in [1.54, 1.807) is 18.2 Å². The highest BCUT2D eigenvalue weighted by atomic mass is 16.3. The Hall–Kier alpha value is -2.37. The van der Waals surface area contributed by atoms with E-state index in [0.29, 0.717) is 22.7 Å². The summed E-state index contributed by atoms with van der Waals surface area (Å²) in [6.07, 6.45) is 2.59. The summed E-state index contributed by atoms with van der Waals surface area (Å²) in [7, 11) is 0. The Morgan fingerprint density at radius 1 is 1.24 bits per heavy atom. The summed E-state index contributed by atoms with van der Waals surface area (Å²) < 4.78 is 5.59. The van der Waals surface area contributed by atoms with Gasteiger partial charge in [0.1, 0.15) is 12.1 Å². The van der Waals surface area contributed by atoms with E-state index in [1.165, 1.54) is 4.90 Å². The van der Waals surface area contributed by atoms with Crippen molar-refractivity contribution < 1.29 is 14.0 Å². The van der Waals surface area contributed by atoms with Gasteiger partial charge in [-0.15, -0.1) is 0 Å². The number of hydrogen-bond donors (Lipinski definition) is 1. The van der Waals surface area contributed by atoms with Gasteiger partial charge in [-0.1, -0.05) is 6.42 Å². The van der Waals surface area contributed by atoms with Crippen LogP contribution in [-0.4, -0.2) is 21.7 Å². The fourth-order valence-electron chi connectivity index (χ4n) is 3.41. The molecule has 2 N–H and O–H groups in total. The number of carbonyl (C=O) groups is 2. The smallest absolute Gasteiger partial charge is 0.233 e. The number of benzene rings is 1. The van der Waals surface area contributed by atoms with Gasteiger partial charge in [-0.2, -0.15) is 0 Å². The molecule has 2 atom stereocenters. The van der Waals surface area contributed by atoms with Crippen molar-refractivity contribution >= 4 is 28.6 Å². The Bertz CT molecular complexity index is 730. The highest BCUT2D eigenvalue weighted by Gasteiger charge is 2.49. The molecule has 4 rings (SSSR count). The number of nitrogens with zero attached hydrogens (tertiary/aromatic N) is 2. The number of nitrogen functional groups attached to an aromatic ring is 1. The minimum atomic E-state index is -0.127. The van der Waals surface area contributed by atoms with Crippen LogP contribution < -0.4 is 5.73 Å². The standard InChI is InChI=1S/C15H15N3O3/c16-8-4-5-11-12(6-8)21-13(17-11)7-18-14(19)9-2-1-3-10(9)15(18)20/h4-6,9-10H,1-3,7,16H2. The lowest BCUT2D eigenvalue weighted by Gasteiger charge is -2.13. The molecular formula is C15H15N3O3. The third kappa shape index (κ3) is 1.82. The summed E-state index contributed by atoms with van der Waals surface area (Å²) in [5.41, 5.74) is 7.54. The lowest BCUT2D eigenvalue weighted by Crippen LogP contribution is -2.31. The van der Waals surface area contributed by atoms with Crippen LogP contribution in [0.2, 0.25) is 0 Å². The second kappa shape index (κ2) is 4.31. The van der Waals surface area contributed by atoms with E-state index >= 15 is 0 Å². The average molecular weight is 285 g/mol. The number of carbonyl (C=O) groups excluding carboxylic acids is 2. The zero-order chi connectivity index (χ0) is 14.6. The number of aromatic nitrogens is 1. The van der Waals surface area contributed by atoms with E-state index in [-0.39, 0.29) is 30.2 Å². The first kappa shape index (κ1) is 12.4. The lowest BCUT2D eigenvalue weighted by molar-refractivity contribution is -0.141. The van der Waals surface area contributed by atoms with Gasteiger partial charge in [-0.3, -0.25) is 14.5 Å². The molecule has 108 valence electrons. The summed E-state index contributed by atoms with van der Waals surface area (Å²) in [5, 5.41) is 0. The molecule has 1 aromatic heterocycles. The Balaban J connectivity index is 1.62. The quantitative estimate of drug-likeness (QED) is 0.670. The SMILES string of the molecule is Nc1ccc2nc(CN3C(=O)C4CCCC4C3=O)oc2c1. The molecule has 1 saturated heterocycles. The fraction of sp³-hybridized carbons (Fsp3) is 0.400. The molecule has 2 fully saturated rings. The topological polar surface area (TPSA) is 89.4 Å². The van der Waals surface area contributed by atoms with Gasteiger partial charge in [-0.25, -0.2) is 4.98 Å². The molecule has 2 unspecified atom stereocenters. The van der Waals surface area contributed by atoms with E-state index in [9.17, 15) is 9.59 Å². The Morgan fingerprint density at radius 3 is 2.67 bits per heavy atom. The van der Waals surface area contributed by atoms with Gasteiger partial charge in [0.15, 0.2) is 5.58 Å². The van der Waals surface area contributed by atoms with E-state index in [4.69, 9.17) is 10.2 Å². The number of nitrogens with two attached hydrogens (primary N) is 1. The predicted molar refractivity (Wildman–Crippen MR) is 74.8 cm³/mol. The van der Waals surface area contributed by atoms with Crippen LogP contribution in [0.3, 0.4) is 0 Å². The molecule has 0 bridgehead atoms. The highest BCUT2D eigenvalue weighted by Crippen LogP contribution is 2.40. The van der Waals surface area contributed by atoms with Crippen molar-refractivity contribution in [2.45, 2.75) is 25.8 Å². The number of oxazole rings is 1. The Labute approximate surface area is 120 Å². The van der Waals surface area contributed by atoms with E-state index in [2.05, 4.69) is 4.98 Å². The maximum atomic E-state index is 12.3. The van der Waals surface area contributed by atoms with Crippen LogP contribution in [-0.2, 0) is 16.1 Å². The average Bonchev–Trinajstić information content (AvgIpc) is 3.12. The second-order valence-electron chi connectivity index (χ2n) is 5.74. The molecule has 2 aromatic rings. The molecule has 2 heterocycles. The number of imide groups is 1. The summed E-state index contributed by atoms with van der Waals surface area (Å²) in [6, 6.07) is 5.19. The summed E-state index contributed by atoms with van der Waals surface area (Å²) in [4.78, 5) is 30.2. The van der Waals surface area contributed by atoms with Gasteiger partial charge >= 0.3 is 0 Å². The van der Waals surface area contributed by atoms with Gasteiger partial charge in [-0.05, 0) is 25.0 Å². The monoisotopic (exact) mass is 285 g/mol. The van der Waals surface area contributed by atoms with Crippen LogP contribution in [0.1, 0.15) is 25.2 Å². The van der Waals surface area contributed by atoms with Gasteiger partial charge in [0.25, 0.3) is 0 Å². The maximum absolute atomic E-state index is 12.3. The lowest BCUT2D eigenvalue weighted by atomic mass is 10.00. The number of fused-ring (bicyclic) bond motifs is 2. The van der Waals surface area contributed by atoms with Gasteiger partial charge in [0, 0.05) is 11.8 Å². The van der Waals surface area contributed by atoms with Crippen molar-refractivity contribution in [3.8, 4) is 0 Å². The van der Waals surface area contributed by atoms with Crippen molar-refractivity contribution in [1.29, 1.82) is 0 Å². The second-order valence-corrected chi connectivity index (χ2v) is 5.74. The van der Waals surface area contributed by atoms with Crippen molar-refractivity contribution in [3.05, 3.63) is 24.1 Å². The predicted octanol–water partition coefficient (Wildman–Crippen LogP) is 1.70. The van der Waals surface area contributed by atoms with Crippen molar-refractivity contribution in [2.24, 2.45) is 11.8 Å². The molecule has 0 spiro atoms. The molecule has 1 aliphatic carbocycles. The summed E-state index contributed by atoms with van der Waals surface area (Å²) in [5.74, 6) is -0.0409. The molecule has 2 amide bonds. The normalized spacial score (nSPS) is 25.0. The number of hydrogen-bond acceptors (Lipinski definition) is 5. The molecule has 1 aromatic carbocycles. The van der Waals surface area contributed by atoms with Crippen LogP contribution in [0.15, 0.2) is 22.6 Å². The van der Waals surface area contributed by atoms with Gasteiger partial charge in [0.2, 0.25) is 17.7 Å². The first-order valence-corrected chi connectivity index (χ1v) is 7.13. The third-order valence-corrected chi connectivity index (χ3v) is 4.43. The number of likely N-dealkylation sites (tertiary alicyclic amines) is 1. The van der Waals surface area contributed by atoms with Gasteiger partial charge < -0.3 is 10.2 Å². The summed E-state index contributed by atoms with van der Waals surface area (Å²) >= 11 is 0. The molecule has 6 heteroatoms. The molecule has 21 heavy (non-hydrogen) atoms. The Morgan fingerprint density at radius 2 is 1.95 bits per heavy atom. The molecule has 2 aliphatic rings. The van der Waals surface area contributed by atoms with E-state index < -0.39 is 0 Å². The molecule has 0 radical (unpaired) electrons. The van der Waals surface area contributed by atoms with Crippen LogP contribution in [0, 0.1) is 11.8 Å². The van der Waals surface area contributed by atoms with Crippen LogP contribution in [0.5, 0.6) is 0 Å². The molecule has 6 nitrogen and oxygen atoms in total.